The van der Waals surface area contributed by atoms with Crippen LogP contribution >= 0.6 is 0 Å². The Labute approximate surface area is 129 Å². The van der Waals surface area contributed by atoms with E-state index in [9.17, 15) is 13.2 Å². The first-order valence-electron chi connectivity index (χ1n) is 6.73. The molecule has 116 valence electrons. The minimum absolute atomic E-state index is 0.192. The molecule has 0 bridgehead atoms. The third-order valence-electron chi connectivity index (χ3n) is 2.91. The molecule has 2 rings (SSSR count). The van der Waals surface area contributed by atoms with Crippen molar-refractivity contribution in [2.75, 3.05) is 18.2 Å². The highest BCUT2D eigenvalue weighted by Crippen LogP contribution is 2.14. The van der Waals surface area contributed by atoms with Gasteiger partial charge in [-0.15, -0.1) is 0 Å². The molecule has 0 radical (unpaired) electrons. The number of hydrogen-bond acceptors (Lipinski definition) is 4. The predicted molar refractivity (Wildman–Crippen MR) is 84.7 cm³/mol. The van der Waals surface area contributed by atoms with Gasteiger partial charge in [0.05, 0.1) is 17.9 Å². The van der Waals surface area contributed by atoms with Crippen molar-refractivity contribution in [1.29, 1.82) is 0 Å². The zero-order valence-corrected chi connectivity index (χ0v) is 13.0. The Morgan fingerprint density at radius 3 is 2.27 bits per heavy atom. The highest BCUT2D eigenvalue weighted by atomic mass is 32.2. The number of amides is 1. The Kier molecular flexibility index (Phi) is 5.16. The SMILES string of the molecule is CS(=O)(=O)c1ccc(NC(=O)CCOc2ccccc2)cc1. The van der Waals surface area contributed by atoms with Crippen molar-refractivity contribution in [3.05, 3.63) is 54.6 Å². The summed E-state index contributed by atoms with van der Waals surface area (Å²) >= 11 is 0. The molecule has 0 unspecified atom stereocenters. The van der Waals surface area contributed by atoms with Gasteiger partial charge in [0, 0.05) is 11.9 Å². The smallest absolute Gasteiger partial charge is 0.227 e. The molecule has 0 saturated heterocycles. The van der Waals surface area contributed by atoms with E-state index in [1.54, 1.807) is 12.1 Å². The number of carbonyl (C=O) groups excluding carboxylic acids is 1. The van der Waals surface area contributed by atoms with E-state index in [0.717, 1.165) is 6.26 Å². The summed E-state index contributed by atoms with van der Waals surface area (Å²) in [6, 6.07) is 15.3. The molecule has 1 amide bonds. The molecule has 0 aliphatic carbocycles. The fraction of sp³-hybridized carbons (Fsp3) is 0.188. The van der Waals surface area contributed by atoms with Crippen LogP contribution in [0.2, 0.25) is 0 Å². The fourth-order valence-electron chi connectivity index (χ4n) is 1.79. The lowest BCUT2D eigenvalue weighted by molar-refractivity contribution is -0.116. The molecule has 0 fully saturated rings. The van der Waals surface area contributed by atoms with Gasteiger partial charge in [-0.05, 0) is 36.4 Å². The van der Waals surface area contributed by atoms with Crippen molar-refractivity contribution >= 4 is 21.4 Å². The molecular formula is C16H17NO4S. The summed E-state index contributed by atoms with van der Waals surface area (Å²) in [5.74, 6) is 0.524. The summed E-state index contributed by atoms with van der Waals surface area (Å²) in [6.45, 7) is 0.275. The van der Waals surface area contributed by atoms with E-state index < -0.39 is 9.84 Å². The van der Waals surface area contributed by atoms with E-state index in [1.807, 2.05) is 30.3 Å². The number of sulfone groups is 1. The van der Waals surface area contributed by atoms with Crippen LogP contribution in [0.25, 0.3) is 0 Å². The zero-order valence-electron chi connectivity index (χ0n) is 12.2. The highest BCUT2D eigenvalue weighted by Gasteiger charge is 2.07. The zero-order chi connectivity index (χ0) is 16.0. The predicted octanol–water partition coefficient (Wildman–Crippen LogP) is 2.50. The molecule has 0 heterocycles. The molecule has 0 atom stereocenters. The summed E-state index contributed by atoms with van der Waals surface area (Å²) in [4.78, 5) is 12.0. The number of nitrogens with one attached hydrogen (secondary N) is 1. The molecule has 1 N–H and O–H groups in total. The molecule has 0 aromatic heterocycles. The van der Waals surface area contributed by atoms with Crippen LogP contribution in [-0.4, -0.2) is 27.2 Å². The molecule has 0 spiro atoms. The summed E-state index contributed by atoms with van der Waals surface area (Å²) in [6.07, 6.45) is 1.35. The van der Waals surface area contributed by atoms with Crippen molar-refractivity contribution in [2.24, 2.45) is 0 Å². The van der Waals surface area contributed by atoms with Crippen molar-refractivity contribution in [3.8, 4) is 5.75 Å². The maximum absolute atomic E-state index is 11.8. The first-order chi connectivity index (χ1) is 10.4. The minimum atomic E-state index is -3.23. The van der Waals surface area contributed by atoms with E-state index in [0.29, 0.717) is 11.4 Å². The molecular weight excluding hydrogens is 302 g/mol. The van der Waals surface area contributed by atoms with Gasteiger partial charge in [-0.25, -0.2) is 8.42 Å². The Morgan fingerprint density at radius 2 is 1.68 bits per heavy atom. The van der Waals surface area contributed by atoms with Crippen LogP contribution in [0.4, 0.5) is 5.69 Å². The maximum Gasteiger partial charge on any atom is 0.227 e. The molecule has 22 heavy (non-hydrogen) atoms. The topological polar surface area (TPSA) is 72.5 Å². The number of para-hydroxylation sites is 1. The lowest BCUT2D eigenvalue weighted by Gasteiger charge is -2.07. The van der Waals surface area contributed by atoms with Crippen molar-refractivity contribution in [2.45, 2.75) is 11.3 Å². The second-order valence-corrected chi connectivity index (χ2v) is 6.77. The molecule has 2 aromatic rings. The van der Waals surface area contributed by atoms with E-state index in [4.69, 9.17) is 4.74 Å². The van der Waals surface area contributed by atoms with Crippen LogP contribution in [0.1, 0.15) is 6.42 Å². The second-order valence-electron chi connectivity index (χ2n) is 4.76. The summed E-state index contributed by atoms with van der Waals surface area (Å²) in [7, 11) is -3.23. The number of ether oxygens (including phenoxy) is 1. The van der Waals surface area contributed by atoms with Gasteiger partial charge in [-0.3, -0.25) is 4.79 Å². The maximum atomic E-state index is 11.8. The molecule has 5 nitrogen and oxygen atoms in total. The molecule has 2 aromatic carbocycles. The van der Waals surface area contributed by atoms with Crippen LogP contribution in [0.3, 0.4) is 0 Å². The Balaban J connectivity index is 1.82. The average Bonchev–Trinajstić information content (AvgIpc) is 2.48. The average molecular weight is 319 g/mol. The molecule has 0 aliphatic rings. The van der Waals surface area contributed by atoms with Crippen LogP contribution in [0, 0.1) is 0 Å². The Hall–Kier alpha value is -2.34. The normalized spacial score (nSPS) is 11.0. The largest absolute Gasteiger partial charge is 0.493 e. The lowest BCUT2D eigenvalue weighted by Crippen LogP contribution is -2.15. The van der Waals surface area contributed by atoms with Gasteiger partial charge in [0.1, 0.15) is 5.75 Å². The number of hydrogen-bond donors (Lipinski definition) is 1. The second kappa shape index (κ2) is 7.09. The van der Waals surface area contributed by atoms with Gasteiger partial charge >= 0.3 is 0 Å². The van der Waals surface area contributed by atoms with Crippen molar-refractivity contribution < 1.29 is 17.9 Å². The van der Waals surface area contributed by atoms with Gasteiger partial charge in [0.25, 0.3) is 0 Å². The summed E-state index contributed by atoms with van der Waals surface area (Å²) in [5.41, 5.74) is 0.553. The quantitative estimate of drug-likeness (QED) is 0.888. The monoisotopic (exact) mass is 319 g/mol. The molecule has 0 saturated carbocycles. The highest BCUT2D eigenvalue weighted by molar-refractivity contribution is 7.90. The minimum Gasteiger partial charge on any atom is -0.493 e. The van der Waals surface area contributed by atoms with Gasteiger partial charge in [0.15, 0.2) is 9.84 Å². The first kappa shape index (κ1) is 16.0. The van der Waals surface area contributed by atoms with E-state index in [-0.39, 0.29) is 23.8 Å². The Bertz CT molecular complexity index is 725. The third-order valence-corrected chi connectivity index (χ3v) is 4.04. The molecule has 0 aliphatic heterocycles. The third kappa shape index (κ3) is 4.89. The standard InChI is InChI=1S/C16H17NO4S/c1-22(19,20)15-9-7-13(8-10-15)17-16(18)11-12-21-14-5-3-2-4-6-14/h2-10H,11-12H2,1H3,(H,17,18). The lowest BCUT2D eigenvalue weighted by atomic mass is 10.3. The number of carbonyl (C=O) groups is 1. The Morgan fingerprint density at radius 1 is 1.05 bits per heavy atom. The first-order valence-corrected chi connectivity index (χ1v) is 8.62. The van der Waals surface area contributed by atoms with Crippen molar-refractivity contribution in [3.63, 3.8) is 0 Å². The number of benzene rings is 2. The van der Waals surface area contributed by atoms with Crippen LogP contribution in [0.15, 0.2) is 59.5 Å². The van der Waals surface area contributed by atoms with Crippen LogP contribution in [0.5, 0.6) is 5.75 Å². The van der Waals surface area contributed by atoms with E-state index in [2.05, 4.69) is 5.32 Å². The van der Waals surface area contributed by atoms with Gasteiger partial charge in [0.2, 0.25) is 5.91 Å². The number of rotatable bonds is 6. The van der Waals surface area contributed by atoms with Gasteiger partial charge in [-0.1, -0.05) is 18.2 Å². The van der Waals surface area contributed by atoms with Crippen LogP contribution < -0.4 is 10.1 Å². The van der Waals surface area contributed by atoms with Crippen LogP contribution in [-0.2, 0) is 14.6 Å². The van der Waals surface area contributed by atoms with Gasteiger partial charge < -0.3 is 10.1 Å². The van der Waals surface area contributed by atoms with Crippen molar-refractivity contribution in [1.82, 2.24) is 0 Å². The summed E-state index contributed by atoms with van der Waals surface area (Å²) < 4.78 is 28.1. The molecule has 6 heteroatoms. The fourth-order valence-corrected chi connectivity index (χ4v) is 2.42. The van der Waals surface area contributed by atoms with E-state index in [1.165, 1.54) is 12.1 Å². The van der Waals surface area contributed by atoms with Gasteiger partial charge in [-0.2, -0.15) is 0 Å². The summed E-state index contributed by atoms with van der Waals surface area (Å²) in [5, 5.41) is 2.69. The number of anilines is 1. The van der Waals surface area contributed by atoms with E-state index >= 15 is 0 Å².